The minimum Gasteiger partial charge on any atom is -0.494 e. The Kier molecular flexibility index (Phi) is 6.50. The molecule has 1 heterocycles. The zero-order valence-corrected chi connectivity index (χ0v) is 16.8. The number of benzene rings is 2. The fourth-order valence-corrected chi connectivity index (χ4v) is 4.94. The van der Waals surface area contributed by atoms with Crippen molar-refractivity contribution in [3.63, 3.8) is 0 Å². The molecular formula is C20H23F3N2O3S. The monoisotopic (exact) mass is 428 g/mol. The molecule has 0 bridgehead atoms. The summed E-state index contributed by atoms with van der Waals surface area (Å²) in [6.07, 6.45) is -4.72. The van der Waals surface area contributed by atoms with Gasteiger partial charge in [0, 0.05) is 32.7 Å². The molecule has 0 spiro atoms. The molecule has 1 saturated heterocycles. The predicted molar refractivity (Wildman–Crippen MR) is 103 cm³/mol. The van der Waals surface area contributed by atoms with E-state index in [0.29, 0.717) is 26.2 Å². The molecule has 0 saturated carbocycles. The molecule has 29 heavy (non-hydrogen) atoms. The van der Waals surface area contributed by atoms with Crippen molar-refractivity contribution >= 4 is 10.0 Å². The third-order valence-electron chi connectivity index (χ3n) is 4.78. The summed E-state index contributed by atoms with van der Waals surface area (Å²) in [6.45, 7) is 4.32. The second-order valence-corrected chi connectivity index (χ2v) is 8.66. The standard InChI is InChI=1S/C20H23F3N2O3S/c1-2-28-17-9-7-16(8-10-17)15-24-11-13-25(14-12-24)29(26,27)19-6-4-3-5-18(19)20(21,22)23/h3-10H,2,11-15H2,1H3. The molecule has 0 radical (unpaired) electrons. The topological polar surface area (TPSA) is 49.9 Å². The van der Waals surface area contributed by atoms with E-state index in [0.717, 1.165) is 27.8 Å². The SMILES string of the molecule is CCOc1ccc(CN2CCN(S(=O)(=O)c3ccccc3C(F)(F)F)CC2)cc1. The van der Waals surface area contributed by atoms with Crippen molar-refractivity contribution in [1.29, 1.82) is 0 Å². The second kappa shape index (κ2) is 8.73. The Balaban J connectivity index is 1.66. The third-order valence-corrected chi connectivity index (χ3v) is 6.74. The van der Waals surface area contributed by atoms with Gasteiger partial charge in [0.25, 0.3) is 0 Å². The molecule has 0 unspecified atom stereocenters. The predicted octanol–water partition coefficient (Wildman–Crippen LogP) is 3.61. The van der Waals surface area contributed by atoms with Gasteiger partial charge in [-0.1, -0.05) is 24.3 Å². The van der Waals surface area contributed by atoms with E-state index in [1.54, 1.807) is 0 Å². The highest BCUT2D eigenvalue weighted by atomic mass is 32.2. The summed E-state index contributed by atoms with van der Waals surface area (Å²) in [5.74, 6) is 0.787. The van der Waals surface area contributed by atoms with E-state index in [4.69, 9.17) is 4.74 Å². The van der Waals surface area contributed by atoms with Crippen LogP contribution in [0.4, 0.5) is 13.2 Å². The highest BCUT2D eigenvalue weighted by Crippen LogP contribution is 2.35. The molecule has 158 valence electrons. The van der Waals surface area contributed by atoms with Gasteiger partial charge in [0.1, 0.15) is 5.75 Å². The maximum atomic E-state index is 13.2. The molecule has 1 aliphatic heterocycles. The van der Waals surface area contributed by atoms with Gasteiger partial charge < -0.3 is 4.74 Å². The van der Waals surface area contributed by atoms with Crippen LogP contribution in [-0.2, 0) is 22.7 Å². The van der Waals surface area contributed by atoms with E-state index in [2.05, 4.69) is 4.90 Å². The number of nitrogens with zero attached hydrogens (tertiary/aromatic N) is 2. The van der Waals surface area contributed by atoms with E-state index in [-0.39, 0.29) is 13.1 Å². The first-order valence-corrected chi connectivity index (χ1v) is 10.8. The number of hydrogen-bond acceptors (Lipinski definition) is 4. The van der Waals surface area contributed by atoms with Gasteiger partial charge in [-0.3, -0.25) is 4.90 Å². The molecule has 0 N–H and O–H groups in total. The minimum absolute atomic E-state index is 0.144. The van der Waals surface area contributed by atoms with Crippen LogP contribution >= 0.6 is 0 Å². The van der Waals surface area contributed by atoms with Gasteiger partial charge in [-0.15, -0.1) is 0 Å². The van der Waals surface area contributed by atoms with Crippen LogP contribution in [0.5, 0.6) is 5.75 Å². The summed E-state index contributed by atoms with van der Waals surface area (Å²) in [5, 5.41) is 0. The summed E-state index contributed by atoms with van der Waals surface area (Å²) in [6, 6.07) is 12.0. The van der Waals surface area contributed by atoms with Gasteiger partial charge in [-0.2, -0.15) is 17.5 Å². The lowest BCUT2D eigenvalue weighted by Crippen LogP contribution is -2.48. The van der Waals surface area contributed by atoms with Gasteiger partial charge in [-0.05, 0) is 36.8 Å². The Morgan fingerprint density at radius 1 is 0.966 bits per heavy atom. The van der Waals surface area contributed by atoms with Crippen LogP contribution in [0, 0.1) is 0 Å². The quantitative estimate of drug-likeness (QED) is 0.705. The fourth-order valence-electron chi connectivity index (χ4n) is 3.31. The molecule has 2 aromatic carbocycles. The molecule has 0 aromatic heterocycles. The molecule has 9 heteroatoms. The summed E-state index contributed by atoms with van der Waals surface area (Å²) in [7, 11) is -4.21. The molecule has 0 amide bonds. The van der Waals surface area contributed by atoms with Crippen molar-refractivity contribution < 1.29 is 26.3 Å². The lowest BCUT2D eigenvalue weighted by Gasteiger charge is -2.34. The number of halogens is 3. The van der Waals surface area contributed by atoms with Crippen LogP contribution in [0.1, 0.15) is 18.1 Å². The maximum absolute atomic E-state index is 13.2. The van der Waals surface area contributed by atoms with Crippen LogP contribution in [-0.4, -0.2) is 50.4 Å². The second-order valence-electron chi connectivity index (χ2n) is 6.75. The number of sulfonamides is 1. The summed E-state index contributed by atoms with van der Waals surface area (Å²) in [5.41, 5.74) is -0.0657. The molecule has 3 rings (SSSR count). The first-order chi connectivity index (χ1) is 13.7. The van der Waals surface area contributed by atoms with E-state index >= 15 is 0 Å². The lowest BCUT2D eigenvalue weighted by molar-refractivity contribution is -0.139. The molecule has 5 nitrogen and oxygen atoms in total. The Labute approximate surface area is 168 Å². The first-order valence-electron chi connectivity index (χ1n) is 9.32. The fraction of sp³-hybridized carbons (Fsp3) is 0.400. The van der Waals surface area contributed by atoms with Crippen molar-refractivity contribution in [3.8, 4) is 5.75 Å². The Morgan fingerprint density at radius 2 is 1.59 bits per heavy atom. The van der Waals surface area contributed by atoms with Crippen molar-refractivity contribution in [2.75, 3.05) is 32.8 Å². The van der Waals surface area contributed by atoms with Gasteiger partial charge in [0.2, 0.25) is 10.0 Å². The molecule has 0 aliphatic carbocycles. The van der Waals surface area contributed by atoms with Crippen LogP contribution in [0.3, 0.4) is 0 Å². The highest BCUT2D eigenvalue weighted by Gasteiger charge is 2.39. The molecule has 0 atom stereocenters. The summed E-state index contributed by atoms with van der Waals surface area (Å²) >= 11 is 0. The van der Waals surface area contributed by atoms with Crippen molar-refractivity contribution in [2.24, 2.45) is 0 Å². The smallest absolute Gasteiger partial charge is 0.417 e. The van der Waals surface area contributed by atoms with Crippen molar-refractivity contribution in [2.45, 2.75) is 24.5 Å². The molecular weight excluding hydrogens is 405 g/mol. The van der Waals surface area contributed by atoms with E-state index in [1.807, 2.05) is 31.2 Å². The first kappa shape index (κ1) is 21.6. The number of piperazine rings is 1. The third kappa shape index (κ3) is 5.09. The summed E-state index contributed by atoms with van der Waals surface area (Å²) < 4.78 is 71.8. The normalized spacial score (nSPS) is 16.7. The van der Waals surface area contributed by atoms with Gasteiger partial charge >= 0.3 is 6.18 Å². The minimum atomic E-state index is -4.72. The lowest BCUT2D eigenvalue weighted by atomic mass is 10.2. The zero-order chi connectivity index (χ0) is 21.1. The Bertz CT molecular complexity index is 923. The van der Waals surface area contributed by atoms with E-state index in [9.17, 15) is 21.6 Å². The number of ether oxygens (including phenoxy) is 1. The summed E-state index contributed by atoms with van der Waals surface area (Å²) in [4.78, 5) is 1.39. The van der Waals surface area contributed by atoms with Gasteiger partial charge in [0.15, 0.2) is 0 Å². The molecule has 1 aliphatic rings. The van der Waals surface area contributed by atoms with Gasteiger partial charge in [-0.25, -0.2) is 8.42 Å². The molecule has 2 aromatic rings. The van der Waals surface area contributed by atoms with Crippen molar-refractivity contribution in [1.82, 2.24) is 9.21 Å². The van der Waals surface area contributed by atoms with Crippen LogP contribution in [0.15, 0.2) is 53.4 Å². The molecule has 1 fully saturated rings. The van der Waals surface area contributed by atoms with E-state index < -0.39 is 26.7 Å². The van der Waals surface area contributed by atoms with Gasteiger partial charge in [0.05, 0.1) is 17.1 Å². The number of alkyl halides is 3. The van der Waals surface area contributed by atoms with Crippen molar-refractivity contribution in [3.05, 3.63) is 59.7 Å². The van der Waals surface area contributed by atoms with Crippen LogP contribution < -0.4 is 4.74 Å². The Hall–Kier alpha value is -2.10. The number of hydrogen-bond donors (Lipinski definition) is 0. The average Bonchev–Trinajstić information content (AvgIpc) is 2.69. The maximum Gasteiger partial charge on any atom is 0.417 e. The largest absolute Gasteiger partial charge is 0.494 e. The number of rotatable bonds is 6. The van der Waals surface area contributed by atoms with E-state index in [1.165, 1.54) is 12.1 Å². The average molecular weight is 428 g/mol. The zero-order valence-electron chi connectivity index (χ0n) is 16.0. The Morgan fingerprint density at radius 3 is 2.17 bits per heavy atom. The van der Waals surface area contributed by atoms with Crippen LogP contribution in [0.2, 0.25) is 0 Å². The van der Waals surface area contributed by atoms with Crippen LogP contribution in [0.25, 0.3) is 0 Å². The highest BCUT2D eigenvalue weighted by molar-refractivity contribution is 7.89.